The fourth-order valence-electron chi connectivity index (χ4n) is 1.01. The smallest absolute Gasteiger partial charge is 0.0797 e. The lowest BCUT2D eigenvalue weighted by atomic mass is 10.1. The Hall–Kier alpha value is -0.370. The summed E-state index contributed by atoms with van der Waals surface area (Å²) in [7, 11) is 0. The molecule has 1 aromatic rings. The van der Waals surface area contributed by atoms with Crippen LogP contribution in [0.15, 0.2) is 5.51 Å². The second-order valence-electron chi connectivity index (χ2n) is 2.67. The molecule has 1 nitrogen and oxygen atoms in total. The van der Waals surface area contributed by atoms with Gasteiger partial charge in [-0.05, 0) is 12.3 Å². The van der Waals surface area contributed by atoms with Crippen molar-refractivity contribution in [1.82, 2.24) is 4.98 Å². The molecule has 0 bridgehead atoms. The Labute approximate surface area is 66.1 Å². The van der Waals surface area contributed by atoms with Crippen LogP contribution in [0.25, 0.3) is 0 Å². The van der Waals surface area contributed by atoms with Gasteiger partial charge >= 0.3 is 0 Å². The fraction of sp³-hybridized carbons (Fsp3) is 0.625. The van der Waals surface area contributed by atoms with Gasteiger partial charge in [0.05, 0.1) is 11.2 Å². The summed E-state index contributed by atoms with van der Waals surface area (Å²) in [4.78, 5) is 5.74. The number of hydrogen-bond acceptors (Lipinski definition) is 2. The van der Waals surface area contributed by atoms with E-state index in [0.717, 1.165) is 6.42 Å². The van der Waals surface area contributed by atoms with Crippen LogP contribution in [-0.2, 0) is 6.42 Å². The average molecular weight is 155 g/mol. The molecule has 1 heterocycles. The van der Waals surface area contributed by atoms with Crippen LogP contribution in [-0.4, -0.2) is 4.98 Å². The third-order valence-electron chi connectivity index (χ3n) is 1.54. The van der Waals surface area contributed by atoms with E-state index >= 15 is 0 Å². The number of aromatic nitrogens is 1. The van der Waals surface area contributed by atoms with Gasteiger partial charge in [0.25, 0.3) is 0 Å². The van der Waals surface area contributed by atoms with E-state index in [9.17, 15) is 0 Å². The van der Waals surface area contributed by atoms with Gasteiger partial charge in [-0.25, -0.2) is 4.98 Å². The molecule has 0 saturated carbocycles. The summed E-state index contributed by atoms with van der Waals surface area (Å²) < 4.78 is 0. The first-order valence-electron chi connectivity index (χ1n) is 3.68. The molecule has 56 valence electrons. The summed E-state index contributed by atoms with van der Waals surface area (Å²) in [5, 5.41) is 0. The fourth-order valence-corrected chi connectivity index (χ4v) is 1.88. The summed E-state index contributed by atoms with van der Waals surface area (Å²) in [5.74, 6) is 0.584. The Morgan fingerprint density at radius 3 is 2.70 bits per heavy atom. The highest BCUT2D eigenvalue weighted by Gasteiger charge is 2.06. The van der Waals surface area contributed by atoms with E-state index < -0.39 is 0 Å². The molecule has 0 aliphatic rings. The summed E-state index contributed by atoms with van der Waals surface area (Å²) >= 11 is 1.77. The predicted molar refractivity (Wildman–Crippen MR) is 45.6 cm³/mol. The van der Waals surface area contributed by atoms with Gasteiger partial charge in [0, 0.05) is 4.88 Å². The van der Waals surface area contributed by atoms with Gasteiger partial charge in [-0.3, -0.25) is 0 Å². The minimum atomic E-state index is 0.584. The number of aryl methyl sites for hydroxylation is 1. The van der Waals surface area contributed by atoms with Gasteiger partial charge in [0.1, 0.15) is 0 Å². The molecule has 0 atom stereocenters. The van der Waals surface area contributed by atoms with Crippen molar-refractivity contribution in [2.45, 2.75) is 33.1 Å². The Morgan fingerprint density at radius 2 is 2.30 bits per heavy atom. The maximum Gasteiger partial charge on any atom is 0.0797 e. The standard InChI is InChI=1S/C8H13NS/c1-4-7-8(6(2)3)9-5-10-7/h5-6H,4H2,1-3H3. The Balaban J connectivity index is 2.90. The zero-order valence-electron chi connectivity index (χ0n) is 6.72. The van der Waals surface area contributed by atoms with Crippen molar-refractivity contribution in [2.24, 2.45) is 0 Å². The molecule has 0 amide bonds. The molecular weight excluding hydrogens is 142 g/mol. The highest BCUT2D eigenvalue weighted by atomic mass is 32.1. The van der Waals surface area contributed by atoms with Crippen LogP contribution in [0, 0.1) is 0 Å². The monoisotopic (exact) mass is 155 g/mol. The van der Waals surface area contributed by atoms with Crippen molar-refractivity contribution < 1.29 is 0 Å². The van der Waals surface area contributed by atoms with E-state index in [1.807, 2.05) is 5.51 Å². The SMILES string of the molecule is CCc1scnc1C(C)C. The van der Waals surface area contributed by atoms with Gasteiger partial charge in [0.15, 0.2) is 0 Å². The Morgan fingerprint density at radius 1 is 1.60 bits per heavy atom. The minimum Gasteiger partial charge on any atom is -0.249 e. The molecule has 2 heteroatoms. The molecule has 0 unspecified atom stereocenters. The van der Waals surface area contributed by atoms with Crippen LogP contribution in [0.4, 0.5) is 0 Å². The van der Waals surface area contributed by atoms with Crippen molar-refractivity contribution in [3.63, 3.8) is 0 Å². The molecule has 0 aromatic carbocycles. The molecule has 0 aliphatic heterocycles. The highest BCUT2D eigenvalue weighted by Crippen LogP contribution is 2.21. The second-order valence-corrected chi connectivity index (χ2v) is 3.61. The first-order chi connectivity index (χ1) is 4.75. The summed E-state index contributed by atoms with van der Waals surface area (Å²) in [6, 6.07) is 0. The highest BCUT2D eigenvalue weighted by molar-refractivity contribution is 7.09. The van der Waals surface area contributed by atoms with Gasteiger partial charge in [-0.1, -0.05) is 20.8 Å². The van der Waals surface area contributed by atoms with E-state index in [-0.39, 0.29) is 0 Å². The summed E-state index contributed by atoms with van der Waals surface area (Å²) in [6.45, 7) is 6.56. The Kier molecular flexibility index (Phi) is 2.44. The molecule has 0 N–H and O–H groups in total. The lowest BCUT2D eigenvalue weighted by Crippen LogP contribution is -1.91. The van der Waals surface area contributed by atoms with E-state index in [1.165, 1.54) is 10.6 Å². The van der Waals surface area contributed by atoms with Crippen molar-refractivity contribution in [2.75, 3.05) is 0 Å². The van der Waals surface area contributed by atoms with Gasteiger partial charge in [-0.2, -0.15) is 0 Å². The zero-order valence-corrected chi connectivity index (χ0v) is 7.53. The summed E-state index contributed by atoms with van der Waals surface area (Å²) in [5.41, 5.74) is 3.22. The molecular formula is C8H13NS. The number of rotatable bonds is 2. The number of hydrogen-bond donors (Lipinski definition) is 0. The lowest BCUT2D eigenvalue weighted by Gasteiger charge is -2.01. The van der Waals surface area contributed by atoms with Crippen LogP contribution in [0.1, 0.15) is 37.3 Å². The van der Waals surface area contributed by atoms with Crippen LogP contribution in [0.2, 0.25) is 0 Å². The Bertz CT molecular complexity index is 203. The topological polar surface area (TPSA) is 12.9 Å². The van der Waals surface area contributed by atoms with Crippen molar-refractivity contribution in [3.8, 4) is 0 Å². The third kappa shape index (κ3) is 1.37. The maximum absolute atomic E-state index is 4.31. The molecule has 1 rings (SSSR count). The third-order valence-corrected chi connectivity index (χ3v) is 2.53. The maximum atomic E-state index is 4.31. The van der Waals surface area contributed by atoms with E-state index in [0.29, 0.717) is 5.92 Å². The molecule has 0 fully saturated rings. The van der Waals surface area contributed by atoms with Crippen molar-refractivity contribution >= 4 is 11.3 Å². The largest absolute Gasteiger partial charge is 0.249 e. The predicted octanol–water partition coefficient (Wildman–Crippen LogP) is 2.83. The molecule has 1 aromatic heterocycles. The van der Waals surface area contributed by atoms with Crippen molar-refractivity contribution in [1.29, 1.82) is 0 Å². The van der Waals surface area contributed by atoms with Crippen LogP contribution >= 0.6 is 11.3 Å². The summed E-state index contributed by atoms with van der Waals surface area (Å²) in [6.07, 6.45) is 1.12. The number of thiazole rings is 1. The molecule has 0 spiro atoms. The molecule has 0 radical (unpaired) electrons. The van der Waals surface area contributed by atoms with E-state index in [2.05, 4.69) is 25.8 Å². The lowest BCUT2D eigenvalue weighted by molar-refractivity contribution is 0.816. The van der Waals surface area contributed by atoms with E-state index in [4.69, 9.17) is 0 Å². The van der Waals surface area contributed by atoms with E-state index in [1.54, 1.807) is 11.3 Å². The first kappa shape index (κ1) is 7.73. The normalized spacial score (nSPS) is 10.8. The zero-order chi connectivity index (χ0) is 7.56. The van der Waals surface area contributed by atoms with Crippen molar-refractivity contribution in [3.05, 3.63) is 16.1 Å². The number of nitrogens with zero attached hydrogens (tertiary/aromatic N) is 1. The van der Waals surface area contributed by atoms with Crippen LogP contribution in [0.5, 0.6) is 0 Å². The average Bonchev–Trinajstić information content (AvgIpc) is 2.33. The quantitative estimate of drug-likeness (QED) is 0.640. The van der Waals surface area contributed by atoms with Crippen LogP contribution < -0.4 is 0 Å². The minimum absolute atomic E-state index is 0.584. The molecule has 0 saturated heterocycles. The molecule has 10 heavy (non-hydrogen) atoms. The van der Waals surface area contributed by atoms with Gasteiger partial charge < -0.3 is 0 Å². The second kappa shape index (κ2) is 3.15. The molecule has 0 aliphatic carbocycles. The van der Waals surface area contributed by atoms with Crippen LogP contribution in [0.3, 0.4) is 0 Å². The first-order valence-corrected chi connectivity index (χ1v) is 4.56. The van der Waals surface area contributed by atoms with Gasteiger partial charge in [0.2, 0.25) is 0 Å². The van der Waals surface area contributed by atoms with Gasteiger partial charge in [-0.15, -0.1) is 11.3 Å².